The summed E-state index contributed by atoms with van der Waals surface area (Å²) in [5.74, 6) is -1.28. The molecule has 0 saturated carbocycles. The molecule has 1 aromatic heterocycles. The molecule has 1 aliphatic heterocycles. The first-order chi connectivity index (χ1) is 14.7. The van der Waals surface area contributed by atoms with Crippen molar-refractivity contribution in [3.63, 3.8) is 0 Å². The van der Waals surface area contributed by atoms with Gasteiger partial charge in [-0.3, -0.25) is 4.79 Å². The Bertz CT molecular complexity index is 1080. The third kappa shape index (κ3) is 4.36. The summed E-state index contributed by atoms with van der Waals surface area (Å²) in [7, 11) is 0. The Morgan fingerprint density at radius 2 is 1.84 bits per heavy atom. The van der Waals surface area contributed by atoms with Crippen LogP contribution in [0.15, 0.2) is 54.6 Å². The van der Waals surface area contributed by atoms with E-state index < -0.39 is 30.0 Å². The lowest BCUT2D eigenvalue weighted by Gasteiger charge is -2.33. The number of rotatable bonds is 4. The van der Waals surface area contributed by atoms with Crippen molar-refractivity contribution < 1.29 is 22.4 Å². The molecule has 0 saturated heterocycles. The van der Waals surface area contributed by atoms with E-state index in [2.05, 4.69) is 15.7 Å². The van der Waals surface area contributed by atoms with Gasteiger partial charge in [0.25, 0.3) is 5.91 Å². The summed E-state index contributed by atoms with van der Waals surface area (Å²) >= 11 is 6.28. The van der Waals surface area contributed by atoms with Crippen molar-refractivity contribution in [2.24, 2.45) is 0 Å². The van der Waals surface area contributed by atoms with Crippen LogP contribution in [0.3, 0.4) is 0 Å². The molecule has 2 atom stereocenters. The average Bonchev–Trinajstić information content (AvgIpc) is 3.08. The highest BCUT2D eigenvalue weighted by atomic mass is 35.5. The maximum atomic E-state index is 13.8. The Morgan fingerprint density at radius 3 is 2.48 bits per heavy atom. The molecule has 2 unspecified atom stereocenters. The van der Waals surface area contributed by atoms with Gasteiger partial charge in [0.1, 0.15) is 16.7 Å². The Kier molecular flexibility index (Phi) is 5.62. The van der Waals surface area contributed by atoms with Gasteiger partial charge in [0, 0.05) is 13.0 Å². The molecule has 1 amide bonds. The molecule has 0 aliphatic carbocycles. The maximum absolute atomic E-state index is 13.8. The van der Waals surface area contributed by atoms with E-state index in [0.717, 1.165) is 5.56 Å². The lowest BCUT2D eigenvalue weighted by Crippen LogP contribution is -2.36. The van der Waals surface area contributed by atoms with Crippen LogP contribution in [-0.2, 0) is 6.54 Å². The van der Waals surface area contributed by atoms with Crippen LogP contribution < -0.4 is 10.6 Å². The van der Waals surface area contributed by atoms with Crippen LogP contribution in [0, 0.1) is 5.82 Å². The topological polar surface area (TPSA) is 59.0 Å². The number of benzene rings is 2. The minimum atomic E-state index is -4.62. The molecule has 2 N–H and O–H groups in total. The molecular formula is C21H17ClF4N4O. The van der Waals surface area contributed by atoms with E-state index in [1.54, 1.807) is 24.3 Å². The monoisotopic (exact) mass is 452 g/mol. The summed E-state index contributed by atoms with van der Waals surface area (Å²) < 4.78 is 55.3. The van der Waals surface area contributed by atoms with E-state index in [1.807, 2.05) is 6.07 Å². The molecule has 0 fully saturated rings. The summed E-state index contributed by atoms with van der Waals surface area (Å²) in [6.07, 6.45) is -5.01. The number of fused-ring (bicyclic) bond motifs is 1. The fraction of sp³-hybridized carbons (Fsp3) is 0.238. The van der Waals surface area contributed by atoms with Gasteiger partial charge in [-0.15, -0.1) is 0 Å². The number of aromatic nitrogens is 2. The highest BCUT2D eigenvalue weighted by Crippen LogP contribution is 2.46. The van der Waals surface area contributed by atoms with Gasteiger partial charge >= 0.3 is 6.18 Å². The minimum absolute atomic E-state index is 0.102. The number of carbonyl (C=O) groups is 1. The fourth-order valence-corrected chi connectivity index (χ4v) is 3.78. The molecule has 162 valence electrons. The van der Waals surface area contributed by atoms with Crippen LogP contribution in [0.2, 0.25) is 5.02 Å². The van der Waals surface area contributed by atoms with E-state index in [9.17, 15) is 22.4 Å². The quantitative estimate of drug-likeness (QED) is 0.530. The summed E-state index contributed by atoms with van der Waals surface area (Å²) in [5, 5.41) is 9.22. The van der Waals surface area contributed by atoms with Gasteiger partial charge in [0.2, 0.25) is 0 Å². The van der Waals surface area contributed by atoms with Crippen molar-refractivity contribution in [1.29, 1.82) is 0 Å². The van der Waals surface area contributed by atoms with E-state index in [4.69, 9.17) is 11.6 Å². The van der Waals surface area contributed by atoms with Gasteiger partial charge in [0.15, 0.2) is 11.7 Å². The fourth-order valence-electron chi connectivity index (χ4n) is 3.51. The van der Waals surface area contributed by atoms with Gasteiger partial charge in [0.05, 0.1) is 6.04 Å². The van der Waals surface area contributed by atoms with Crippen molar-refractivity contribution in [2.45, 2.75) is 31.2 Å². The Labute approximate surface area is 180 Å². The number of nitrogens with zero attached hydrogens (tertiary/aromatic N) is 2. The van der Waals surface area contributed by atoms with Gasteiger partial charge in [-0.1, -0.05) is 54.1 Å². The van der Waals surface area contributed by atoms with Crippen LogP contribution in [-0.4, -0.2) is 21.9 Å². The number of halogens is 5. The molecule has 1 aliphatic rings. The first kappa shape index (κ1) is 21.2. The second-order valence-electron chi connectivity index (χ2n) is 7.17. The Hall–Kier alpha value is -3.07. The first-order valence-corrected chi connectivity index (χ1v) is 9.80. The number of alkyl halides is 3. The molecule has 31 heavy (non-hydrogen) atoms. The van der Waals surface area contributed by atoms with Crippen molar-refractivity contribution in [2.75, 3.05) is 5.32 Å². The SMILES string of the molecule is O=C(NCc1ccccc1)c1nn2c(c1Cl)NC(c1ccc(F)cc1)CC2C(F)(F)F. The van der Waals surface area contributed by atoms with E-state index in [-0.39, 0.29) is 29.5 Å². The second kappa shape index (κ2) is 8.22. The Morgan fingerprint density at radius 1 is 1.16 bits per heavy atom. The predicted molar refractivity (Wildman–Crippen MR) is 107 cm³/mol. The van der Waals surface area contributed by atoms with Crippen molar-refractivity contribution in [1.82, 2.24) is 15.1 Å². The first-order valence-electron chi connectivity index (χ1n) is 9.43. The normalized spacial score (nSPS) is 18.2. The smallest absolute Gasteiger partial charge is 0.362 e. The minimum Gasteiger partial charge on any atom is -0.362 e. The molecule has 2 aromatic carbocycles. The molecule has 4 rings (SSSR count). The van der Waals surface area contributed by atoms with Crippen molar-refractivity contribution in [3.05, 3.63) is 82.3 Å². The summed E-state index contributed by atoms with van der Waals surface area (Å²) in [4.78, 5) is 12.6. The summed E-state index contributed by atoms with van der Waals surface area (Å²) in [5.41, 5.74) is 0.988. The number of nitrogens with one attached hydrogen (secondary N) is 2. The molecule has 10 heteroatoms. The molecule has 2 heterocycles. The van der Waals surface area contributed by atoms with Crippen molar-refractivity contribution >= 4 is 23.3 Å². The molecule has 0 bridgehead atoms. The van der Waals surface area contributed by atoms with Gasteiger partial charge in [-0.25, -0.2) is 9.07 Å². The van der Waals surface area contributed by atoms with E-state index in [1.165, 1.54) is 24.3 Å². The molecule has 3 aromatic rings. The van der Waals surface area contributed by atoms with Crippen LogP contribution in [0.4, 0.5) is 23.4 Å². The lowest BCUT2D eigenvalue weighted by molar-refractivity contribution is -0.173. The number of amides is 1. The highest BCUT2D eigenvalue weighted by Gasteiger charge is 2.47. The average molecular weight is 453 g/mol. The van der Waals surface area contributed by atoms with E-state index in [0.29, 0.717) is 10.2 Å². The number of hydrogen-bond donors (Lipinski definition) is 2. The van der Waals surface area contributed by atoms with Gasteiger partial charge < -0.3 is 10.6 Å². The summed E-state index contributed by atoms with van der Waals surface area (Å²) in [6, 6.07) is 11.4. The largest absolute Gasteiger partial charge is 0.410 e. The van der Waals surface area contributed by atoms with Gasteiger partial charge in [-0.2, -0.15) is 18.3 Å². The van der Waals surface area contributed by atoms with Gasteiger partial charge in [-0.05, 0) is 23.3 Å². The number of hydrogen-bond acceptors (Lipinski definition) is 3. The van der Waals surface area contributed by atoms with Crippen LogP contribution in [0.25, 0.3) is 0 Å². The standard InChI is InChI=1S/C21H17ClF4N4O/c22-17-18(20(31)27-11-12-4-2-1-3-5-12)29-30-16(21(24,25)26)10-15(28-19(17)30)13-6-8-14(23)9-7-13/h1-9,15-16,28H,10-11H2,(H,27,31). The zero-order chi connectivity index (χ0) is 22.2. The molecule has 0 spiro atoms. The number of carbonyl (C=O) groups excluding carboxylic acids is 1. The zero-order valence-electron chi connectivity index (χ0n) is 16.0. The third-order valence-corrected chi connectivity index (χ3v) is 5.44. The zero-order valence-corrected chi connectivity index (χ0v) is 16.7. The highest BCUT2D eigenvalue weighted by molar-refractivity contribution is 6.36. The maximum Gasteiger partial charge on any atom is 0.410 e. The molecule has 0 radical (unpaired) electrons. The molecular weight excluding hydrogens is 436 g/mol. The van der Waals surface area contributed by atoms with Crippen molar-refractivity contribution in [3.8, 4) is 0 Å². The van der Waals surface area contributed by atoms with Crippen LogP contribution in [0.1, 0.15) is 40.1 Å². The van der Waals surface area contributed by atoms with Crippen LogP contribution in [0.5, 0.6) is 0 Å². The van der Waals surface area contributed by atoms with Crippen LogP contribution >= 0.6 is 11.6 Å². The lowest BCUT2D eigenvalue weighted by atomic mass is 9.97. The van der Waals surface area contributed by atoms with E-state index >= 15 is 0 Å². The second-order valence-corrected chi connectivity index (χ2v) is 7.54. The molecule has 5 nitrogen and oxygen atoms in total. The number of anilines is 1. The summed E-state index contributed by atoms with van der Waals surface area (Å²) in [6.45, 7) is 0.173. The Balaban J connectivity index is 1.64. The third-order valence-electron chi connectivity index (χ3n) is 5.08. The predicted octanol–water partition coefficient (Wildman–Crippen LogP) is 5.27.